The lowest BCUT2D eigenvalue weighted by Crippen LogP contribution is -2.15. The van der Waals surface area contributed by atoms with Crippen LogP contribution in [0.1, 0.15) is 23.2 Å². The summed E-state index contributed by atoms with van der Waals surface area (Å²) in [6.07, 6.45) is 1.24. The van der Waals surface area contributed by atoms with Crippen molar-refractivity contribution >= 4 is 22.9 Å². The molecule has 0 radical (unpaired) electrons. The van der Waals surface area contributed by atoms with Gasteiger partial charge in [-0.2, -0.15) is 0 Å². The van der Waals surface area contributed by atoms with Crippen LogP contribution in [-0.4, -0.2) is 10.9 Å². The number of hydrogen-bond donors (Lipinski definition) is 1. The summed E-state index contributed by atoms with van der Waals surface area (Å²) in [7, 11) is 0. The van der Waals surface area contributed by atoms with Gasteiger partial charge in [-0.1, -0.05) is 25.1 Å². The van der Waals surface area contributed by atoms with Crippen molar-refractivity contribution in [3.63, 3.8) is 0 Å². The zero-order chi connectivity index (χ0) is 13.0. The number of anilines is 1. The third kappa shape index (κ3) is 3.17. The molecule has 0 aliphatic heterocycles. The summed E-state index contributed by atoms with van der Waals surface area (Å²) in [5.74, 6) is -0.0128. The largest absolute Gasteiger partial charge is 0.325 e. The Morgan fingerprint density at radius 3 is 2.83 bits per heavy atom. The van der Waals surface area contributed by atoms with Crippen LogP contribution in [-0.2, 0) is 17.6 Å². The Balaban J connectivity index is 2.03. The minimum atomic E-state index is -0.0128. The molecule has 0 atom stereocenters. The number of nitrogens with zero attached hydrogens (tertiary/aromatic N) is 1. The zero-order valence-electron chi connectivity index (χ0n) is 10.6. The lowest BCUT2D eigenvalue weighted by atomic mass is 10.1. The van der Waals surface area contributed by atoms with Gasteiger partial charge < -0.3 is 5.32 Å². The molecule has 1 aromatic carbocycles. The van der Waals surface area contributed by atoms with Gasteiger partial charge >= 0.3 is 0 Å². The molecule has 1 heterocycles. The average Bonchev–Trinajstić information content (AvgIpc) is 2.75. The molecule has 2 rings (SSSR count). The number of carbonyl (C=O) groups is 1. The van der Waals surface area contributed by atoms with Crippen LogP contribution in [0.2, 0.25) is 0 Å². The molecule has 0 aliphatic carbocycles. The van der Waals surface area contributed by atoms with Gasteiger partial charge in [-0.25, -0.2) is 4.98 Å². The highest BCUT2D eigenvalue weighted by Crippen LogP contribution is 2.16. The van der Waals surface area contributed by atoms with Gasteiger partial charge in [0.05, 0.1) is 17.1 Å². The van der Waals surface area contributed by atoms with Gasteiger partial charge in [0.15, 0.2) is 0 Å². The molecular formula is C14H16N2OS. The van der Waals surface area contributed by atoms with Crippen molar-refractivity contribution in [1.29, 1.82) is 0 Å². The lowest BCUT2D eigenvalue weighted by Gasteiger charge is -2.08. The van der Waals surface area contributed by atoms with Crippen LogP contribution < -0.4 is 5.32 Å². The molecule has 1 N–H and O–H groups in total. The number of nitrogens with one attached hydrogen (secondary N) is 1. The number of aryl methyl sites for hydroxylation is 2. The third-order valence-corrected chi connectivity index (χ3v) is 3.50. The van der Waals surface area contributed by atoms with Crippen LogP contribution in [0.25, 0.3) is 0 Å². The molecule has 18 heavy (non-hydrogen) atoms. The van der Waals surface area contributed by atoms with Gasteiger partial charge in [-0.05, 0) is 25.0 Å². The highest BCUT2D eigenvalue weighted by atomic mass is 32.1. The Morgan fingerprint density at radius 2 is 2.17 bits per heavy atom. The summed E-state index contributed by atoms with van der Waals surface area (Å²) in [5.41, 5.74) is 2.89. The van der Waals surface area contributed by atoms with E-state index < -0.39 is 0 Å². The van der Waals surface area contributed by atoms with Crippen molar-refractivity contribution < 1.29 is 4.79 Å². The third-order valence-electron chi connectivity index (χ3n) is 2.68. The predicted octanol–water partition coefficient (Wildman–Crippen LogP) is 3.20. The topological polar surface area (TPSA) is 42.0 Å². The Labute approximate surface area is 111 Å². The number of aromatic nitrogens is 1. The van der Waals surface area contributed by atoms with Crippen LogP contribution in [0.3, 0.4) is 0 Å². The van der Waals surface area contributed by atoms with E-state index in [-0.39, 0.29) is 5.91 Å². The second-order valence-electron chi connectivity index (χ2n) is 4.09. The van der Waals surface area contributed by atoms with Crippen LogP contribution in [0.5, 0.6) is 0 Å². The van der Waals surface area contributed by atoms with Gasteiger partial charge in [-0.15, -0.1) is 11.3 Å². The SMILES string of the molecule is CCc1ccccc1NC(=O)Cc1csc(C)n1. The average molecular weight is 260 g/mol. The van der Waals surface area contributed by atoms with E-state index in [0.29, 0.717) is 6.42 Å². The molecule has 0 unspecified atom stereocenters. The van der Waals surface area contributed by atoms with Crippen molar-refractivity contribution in [2.24, 2.45) is 0 Å². The number of carbonyl (C=O) groups excluding carboxylic acids is 1. The van der Waals surface area contributed by atoms with Crippen molar-refractivity contribution in [3.8, 4) is 0 Å². The fourth-order valence-electron chi connectivity index (χ4n) is 1.80. The standard InChI is InChI=1S/C14H16N2OS/c1-3-11-6-4-5-7-13(11)16-14(17)8-12-9-18-10(2)15-12/h4-7,9H,3,8H2,1-2H3,(H,16,17). The van der Waals surface area contributed by atoms with E-state index in [1.165, 1.54) is 0 Å². The summed E-state index contributed by atoms with van der Waals surface area (Å²) in [6, 6.07) is 7.88. The molecule has 1 amide bonds. The van der Waals surface area contributed by atoms with Crippen molar-refractivity contribution in [2.45, 2.75) is 26.7 Å². The van der Waals surface area contributed by atoms with Crippen LogP contribution in [0.15, 0.2) is 29.6 Å². The van der Waals surface area contributed by atoms with Gasteiger partial charge in [0, 0.05) is 11.1 Å². The predicted molar refractivity (Wildman–Crippen MR) is 75.0 cm³/mol. The van der Waals surface area contributed by atoms with Gasteiger partial charge in [-0.3, -0.25) is 4.79 Å². The molecule has 0 saturated heterocycles. The first-order valence-corrected chi connectivity index (χ1v) is 6.85. The molecule has 0 spiro atoms. The number of rotatable bonds is 4. The fourth-order valence-corrected chi connectivity index (χ4v) is 2.41. The second kappa shape index (κ2) is 5.78. The summed E-state index contributed by atoms with van der Waals surface area (Å²) >= 11 is 1.57. The number of hydrogen-bond acceptors (Lipinski definition) is 3. The molecular weight excluding hydrogens is 244 g/mol. The minimum absolute atomic E-state index is 0.0128. The molecule has 0 saturated carbocycles. The Kier molecular flexibility index (Phi) is 4.10. The molecule has 4 heteroatoms. The van der Waals surface area contributed by atoms with E-state index in [2.05, 4.69) is 17.2 Å². The molecule has 1 aromatic heterocycles. The van der Waals surface area contributed by atoms with E-state index in [1.54, 1.807) is 11.3 Å². The van der Waals surface area contributed by atoms with E-state index in [4.69, 9.17) is 0 Å². The van der Waals surface area contributed by atoms with E-state index >= 15 is 0 Å². The first-order valence-electron chi connectivity index (χ1n) is 5.97. The first kappa shape index (κ1) is 12.8. The Morgan fingerprint density at radius 1 is 1.39 bits per heavy atom. The first-order chi connectivity index (χ1) is 8.69. The maximum Gasteiger partial charge on any atom is 0.230 e. The van der Waals surface area contributed by atoms with E-state index in [9.17, 15) is 4.79 Å². The molecule has 94 valence electrons. The van der Waals surface area contributed by atoms with Crippen molar-refractivity contribution in [3.05, 3.63) is 45.9 Å². The highest BCUT2D eigenvalue weighted by Gasteiger charge is 2.08. The number of para-hydroxylation sites is 1. The van der Waals surface area contributed by atoms with Crippen LogP contribution in [0.4, 0.5) is 5.69 Å². The quantitative estimate of drug-likeness (QED) is 0.917. The maximum atomic E-state index is 11.9. The van der Waals surface area contributed by atoms with E-state index in [0.717, 1.165) is 28.4 Å². The summed E-state index contributed by atoms with van der Waals surface area (Å²) in [4.78, 5) is 16.2. The number of benzene rings is 1. The van der Waals surface area contributed by atoms with Gasteiger partial charge in [0.1, 0.15) is 0 Å². The van der Waals surface area contributed by atoms with E-state index in [1.807, 2.05) is 36.6 Å². The highest BCUT2D eigenvalue weighted by molar-refractivity contribution is 7.09. The number of amides is 1. The summed E-state index contributed by atoms with van der Waals surface area (Å²) in [6.45, 7) is 4.02. The minimum Gasteiger partial charge on any atom is -0.325 e. The molecule has 3 nitrogen and oxygen atoms in total. The Bertz CT molecular complexity index is 548. The molecule has 0 fully saturated rings. The summed E-state index contributed by atoms with van der Waals surface area (Å²) < 4.78 is 0. The van der Waals surface area contributed by atoms with Crippen molar-refractivity contribution in [1.82, 2.24) is 4.98 Å². The van der Waals surface area contributed by atoms with Gasteiger partial charge in [0.25, 0.3) is 0 Å². The summed E-state index contributed by atoms with van der Waals surface area (Å²) in [5, 5.41) is 5.87. The number of thiazole rings is 1. The monoisotopic (exact) mass is 260 g/mol. The van der Waals surface area contributed by atoms with Crippen LogP contribution in [0, 0.1) is 6.92 Å². The molecule has 0 bridgehead atoms. The molecule has 2 aromatic rings. The zero-order valence-corrected chi connectivity index (χ0v) is 11.4. The van der Waals surface area contributed by atoms with Crippen molar-refractivity contribution in [2.75, 3.05) is 5.32 Å². The maximum absolute atomic E-state index is 11.9. The fraction of sp³-hybridized carbons (Fsp3) is 0.286. The lowest BCUT2D eigenvalue weighted by molar-refractivity contribution is -0.115. The van der Waals surface area contributed by atoms with Crippen LogP contribution >= 0.6 is 11.3 Å². The van der Waals surface area contributed by atoms with Gasteiger partial charge in [0.2, 0.25) is 5.91 Å². The Hall–Kier alpha value is -1.68. The normalized spacial score (nSPS) is 10.3. The smallest absolute Gasteiger partial charge is 0.230 e. The second-order valence-corrected chi connectivity index (χ2v) is 5.16. The molecule has 0 aliphatic rings.